The van der Waals surface area contributed by atoms with Crippen molar-refractivity contribution in [1.82, 2.24) is 4.98 Å². The minimum Gasteiger partial charge on any atom is -0.397 e. The highest BCUT2D eigenvalue weighted by Crippen LogP contribution is 2.46. The van der Waals surface area contributed by atoms with Gasteiger partial charge in [0.15, 0.2) is 0 Å². The molecule has 0 bridgehead atoms. The lowest BCUT2D eigenvalue weighted by molar-refractivity contribution is -0.127. The maximum Gasteiger partial charge on any atom is 0.241 e. The molecule has 0 aromatic carbocycles. The highest BCUT2D eigenvalue weighted by atomic mass is 16.2. The summed E-state index contributed by atoms with van der Waals surface area (Å²) in [4.78, 5) is 30.6. The number of rotatable bonds is 1. The molecule has 5 nitrogen and oxygen atoms in total. The zero-order chi connectivity index (χ0) is 14.3. The molecule has 3 rings (SSSR count). The first-order valence-corrected chi connectivity index (χ1v) is 7.13. The van der Waals surface area contributed by atoms with Crippen molar-refractivity contribution in [3.63, 3.8) is 0 Å². The van der Waals surface area contributed by atoms with E-state index >= 15 is 0 Å². The number of nitrogens with zero attached hydrogens (tertiary/aromatic N) is 2. The Morgan fingerprint density at radius 1 is 1.25 bits per heavy atom. The molecule has 2 N–H and O–H groups in total. The van der Waals surface area contributed by atoms with Crippen LogP contribution in [0.15, 0.2) is 12.3 Å². The van der Waals surface area contributed by atoms with E-state index in [1.165, 1.54) is 11.1 Å². The normalized spacial score (nSPS) is 21.8. The van der Waals surface area contributed by atoms with E-state index < -0.39 is 5.41 Å². The highest BCUT2D eigenvalue weighted by Gasteiger charge is 2.52. The lowest BCUT2D eigenvalue weighted by atomic mass is 9.73. The van der Waals surface area contributed by atoms with Crippen molar-refractivity contribution >= 4 is 23.3 Å². The molecular weight excluding hydrogens is 254 g/mol. The summed E-state index contributed by atoms with van der Waals surface area (Å²) in [5.74, 6) is 0.247. The van der Waals surface area contributed by atoms with E-state index in [0.717, 1.165) is 37.7 Å². The maximum absolute atomic E-state index is 12.8. The van der Waals surface area contributed by atoms with Gasteiger partial charge >= 0.3 is 0 Å². The van der Waals surface area contributed by atoms with Gasteiger partial charge in [0.05, 0.1) is 17.3 Å². The van der Waals surface area contributed by atoms with E-state index in [4.69, 9.17) is 5.73 Å². The quantitative estimate of drug-likeness (QED) is 0.796. The van der Waals surface area contributed by atoms with Gasteiger partial charge in [0.2, 0.25) is 11.8 Å². The van der Waals surface area contributed by atoms with Crippen LogP contribution in [-0.4, -0.2) is 16.8 Å². The van der Waals surface area contributed by atoms with Crippen LogP contribution in [0, 0.1) is 12.3 Å². The molecule has 2 amide bonds. The number of carbonyl (C=O) groups is 2. The number of amides is 2. The molecule has 106 valence electrons. The Hall–Kier alpha value is -1.91. The lowest BCUT2D eigenvalue weighted by Gasteiger charge is -2.30. The molecule has 2 fully saturated rings. The smallest absolute Gasteiger partial charge is 0.241 e. The molecule has 5 heteroatoms. The summed E-state index contributed by atoms with van der Waals surface area (Å²) >= 11 is 0. The summed E-state index contributed by atoms with van der Waals surface area (Å²) in [6.07, 6.45) is 6.68. The zero-order valence-electron chi connectivity index (χ0n) is 11.7. The second kappa shape index (κ2) is 4.58. The Morgan fingerprint density at radius 2 is 1.95 bits per heavy atom. The maximum atomic E-state index is 12.8. The second-order valence-corrected chi connectivity index (χ2v) is 5.96. The number of nitrogens with two attached hydrogens (primary N) is 1. The fraction of sp³-hybridized carbons (Fsp3) is 0.533. The molecule has 2 heterocycles. The van der Waals surface area contributed by atoms with E-state index in [0.29, 0.717) is 17.9 Å². The summed E-state index contributed by atoms with van der Waals surface area (Å²) in [7, 11) is 0. The van der Waals surface area contributed by atoms with Crippen molar-refractivity contribution in [3.8, 4) is 0 Å². The van der Waals surface area contributed by atoms with Gasteiger partial charge in [0.1, 0.15) is 5.82 Å². The summed E-state index contributed by atoms with van der Waals surface area (Å²) in [6.45, 7) is 1.82. The van der Waals surface area contributed by atoms with E-state index in [-0.39, 0.29) is 11.8 Å². The first-order chi connectivity index (χ1) is 9.53. The standard InChI is InChI=1S/C15H19N3O2/c1-10-7-11(16)9-17-13(10)18-12(19)8-15(14(18)20)5-3-2-4-6-15/h7,9H,2-6,8,16H2,1H3. The Balaban J connectivity index is 1.98. The first kappa shape index (κ1) is 13.1. The summed E-state index contributed by atoms with van der Waals surface area (Å²) in [6, 6.07) is 1.74. The number of aryl methyl sites for hydroxylation is 1. The van der Waals surface area contributed by atoms with E-state index in [1.54, 1.807) is 6.07 Å². The fourth-order valence-electron chi connectivity index (χ4n) is 3.45. The van der Waals surface area contributed by atoms with Gasteiger partial charge in [0, 0.05) is 6.42 Å². The van der Waals surface area contributed by atoms with E-state index in [1.807, 2.05) is 6.92 Å². The van der Waals surface area contributed by atoms with Crippen molar-refractivity contribution in [3.05, 3.63) is 17.8 Å². The summed E-state index contributed by atoms with van der Waals surface area (Å²) < 4.78 is 0. The number of anilines is 2. The van der Waals surface area contributed by atoms with Crippen LogP contribution in [0.5, 0.6) is 0 Å². The molecular formula is C15H19N3O2. The van der Waals surface area contributed by atoms with Crippen LogP contribution in [0.1, 0.15) is 44.1 Å². The molecule has 0 unspecified atom stereocenters. The molecule has 0 radical (unpaired) electrons. The molecule has 1 aromatic heterocycles. The number of hydrogen-bond donors (Lipinski definition) is 1. The van der Waals surface area contributed by atoms with Crippen LogP contribution in [0.3, 0.4) is 0 Å². The van der Waals surface area contributed by atoms with Crippen LogP contribution >= 0.6 is 0 Å². The summed E-state index contributed by atoms with van der Waals surface area (Å²) in [5, 5.41) is 0. The Morgan fingerprint density at radius 3 is 2.60 bits per heavy atom. The molecule has 1 aliphatic heterocycles. The molecule has 1 aromatic rings. The largest absolute Gasteiger partial charge is 0.397 e. The predicted molar refractivity (Wildman–Crippen MR) is 76.0 cm³/mol. The monoisotopic (exact) mass is 273 g/mol. The SMILES string of the molecule is Cc1cc(N)cnc1N1C(=O)CC2(CCCCC2)C1=O. The van der Waals surface area contributed by atoms with Crippen LogP contribution in [0.25, 0.3) is 0 Å². The Bertz CT molecular complexity index is 576. The van der Waals surface area contributed by atoms with Gasteiger partial charge < -0.3 is 5.73 Å². The summed E-state index contributed by atoms with van der Waals surface area (Å²) in [5.41, 5.74) is 6.52. The Labute approximate surface area is 118 Å². The van der Waals surface area contributed by atoms with Gasteiger partial charge in [-0.1, -0.05) is 19.3 Å². The van der Waals surface area contributed by atoms with Crippen LogP contribution in [0.2, 0.25) is 0 Å². The van der Waals surface area contributed by atoms with Gasteiger partial charge in [-0.05, 0) is 31.4 Å². The predicted octanol–water partition coefficient (Wildman–Crippen LogP) is 2.19. The first-order valence-electron chi connectivity index (χ1n) is 7.13. The molecule has 1 saturated carbocycles. The fourth-order valence-corrected chi connectivity index (χ4v) is 3.45. The second-order valence-electron chi connectivity index (χ2n) is 5.96. The van der Waals surface area contributed by atoms with Crippen LogP contribution in [-0.2, 0) is 9.59 Å². The molecule has 0 atom stereocenters. The van der Waals surface area contributed by atoms with Crippen molar-refractivity contribution in [1.29, 1.82) is 0 Å². The van der Waals surface area contributed by atoms with Gasteiger partial charge in [-0.25, -0.2) is 9.88 Å². The minimum atomic E-state index is -0.467. The van der Waals surface area contributed by atoms with Gasteiger partial charge in [0.25, 0.3) is 0 Å². The molecule has 2 aliphatic rings. The number of aromatic nitrogens is 1. The third-order valence-corrected chi connectivity index (χ3v) is 4.49. The highest BCUT2D eigenvalue weighted by molar-refractivity contribution is 6.22. The van der Waals surface area contributed by atoms with Gasteiger partial charge in [-0.2, -0.15) is 0 Å². The lowest BCUT2D eigenvalue weighted by Crippen LogP contribution is -2.37. The number of pyridine rings is 1. The van der Waals surface area contributed by atoms with Crippen molar-refractivity contribution in [2.75, 3.05) is 10.6 Å². The molecule has 20 heavy (non-hydrogen) atoms. The van der Waals surface area contributed by atoms with Gasteiger partial charge in [-0.3, -0.25) is 9.59 Å². The minimum absolute atomic E-state index is 0.0671. The number of carbonyl (C=O) groups excluding carboxylic acids is 2. The van der Waals surface area contributed by atoms with E-state index in [9.17, 15) is 9.59 Å². The molecule has 1 spiro atoms. The van der Waals surface area contributed by atoms with E-state index in [2.05, 4.69) is 4.98 Å². The van der Waals surface area contributed by atoms with Crippen molar-refractivity contribution in [2.24, 2.45) is 5.41 Å². The topological polar surface area (TPSA) is 76.3 Å². The average Bonchev–Trinajstić information content (AvgIpc) is 2.63. The van der Waals surface area contributed by atoms with Gasteiger partial charge in [-0.15, -0.1) is 0 Å². The van der Waals surface area contributed by atoms with Crippen molar-refractivity contribution < 1.29 is 9.59 Å². The number of imide groups is 1. The number of hydrogen-bond acceptors (Lipinski definition) is 4. The van der Waals surface area contributed by atoms with Crippen molar-refractivity contribution in [2.45, 2.75) is 45.4 Å². The average molecular weight is 273 g/mol. The molecule has 1 aliphatic carbocycles. The third kappa shape index (κ3) is 1.88. The van der Waals surface area contributed by atoms with Crippen LogP contribution < -0.4 is 10.6 Å². The Kier molecular flexibility index (Phi) is 3.00. The third-order valence-electron chi connectivity index (χ3n) is 4.49. The molecule has 1 saturated heterocycles. The van der Waals surface area contributed by atoms with Crippen LogP contribution in [0.4, 0.5) is 11.5 Å². The number of nitrogen functional groups attached to an aromatic ring is 1. The zero-order valence-corrected chi connectivity index (χ0v) is 11.7.